The zero-order chi connectivity index (χ0) is 33.0. The molecule has 258 valence electrons. The molecule has 2 aromatic rings. The maximum absolute atomic E-state index is 13.2. The predicted octanol–water partition coefficient (Wildman–Crippen LogP) is 6.58. The summed E-state index contributed by atoms with van der Waals surface area (Å²) in [6.45, 7) is 3.95. The molecule has 5 aliphatic carbocycles. The summed E-state index contributed by atoms with van der Waals surface area (Å²) in [6.07, 6.45) is 16.8. The van der Waals surface area contributed by atoms with Gasteiger partial charge in [0.1, 0.15) is 5.69 Å². The molecule has 48 heavy (non-hydrogen) atoms. The molecule has 6 bridgehead atoms. The van der Waals surface area contributed by atoms with Crippen molar-refractivity contribution in [1.82, 2.24) is 9.62 Å². The van der Waals surface area contributed by atoms with E-state index in [9.17, 15) is 23.3 Å². The molecule has 2 aromatic carbocycles. The summed E-state index contributed by atoms with van der Waals surface area (Å²) in [5.41, 5.74) is 1.80. The summed E-state index contributed by atoms with van der Waals surface area (Å²) >= 11 is 0. The maximum Gasteiger partial charge on any atom is 0.293 e. The number of amides is 1. The van der Waals surface area contributed by atoms with Crippen LogP contribution in [0.2, 0.25) is 0 Å². The van der Waals surface area contributed by atoms with Crippen LogP contribution in [0, 0.1) is 39.2 Å². The second-order valence-corrected chi connectivity index (χ2v) is 17.9. The standard InChI is InChI=1S/C37H49N5O5S/c43-36(39-48(46,47)33-10-11-34(35(18-33)42(44)45)38-22-25-4-2-1-3-5-25)29-6-8-30(9-7-29)41-13-12-31-17-32(41)23-40(31)24-37-19-26-14-27(20-37)16-28(15-26)21-37/h6-11,18,25-28,31-32,38H,1-5,12-17,19-24H2,(H,39,43). The van der Waals surface area contributed by atoms with Crippen LogP contribution in [0.15, 0.2) is 47.4 Å². The Morgan fingerprint density at radius 3 is 2.25 bits per heavy atom. The molecular formula is C37H49N5O5S. The summed E-state index contributed by atoms with van der Waals surface area (Å²) in [4.78, 5) is 29.3. The molecule has 2 unspecified atom stereocenters. The van der Waals surface area contributed by atoms with Gasteiger partial charge in [0, 0.05) is 55.6 Å². The van der Waals surface area contributed by atoms with Gasteiger partial charge in [-0.15, -0.1) is 0 Å². The van der Waals surface area contributed by atoms with Crippen LogP contribution in [0.5, 0.6) is 0 Å². The smallest absolute Gasteiger partial charge is 0.293 e. The van der Waals surface area contributed by atoms with Crippen LogP contribution in [0.1, 0.15) is 93.8 Å². The van der Waals surface area contributed by atoms with Crippen molar-refractivity contribution in [1.29, 1.82) is 0 Å². The molecule has 1 amide bonds. The van der Waals surface area contributed by atoms with Gasteiger partial charge in [-0.05, 0) is 130 Å². The molecule has 7 aliphatic rings. The van der Waals surface area contributed by atoms with Gasteiger partial charge >= 0.3 is 0 Å². The fourth-order valence-electron chi connectivity index (χ4n) is 11.1. The molecule has 11 heteroatoms. The second-order valence-electron chi connectivity index (χ2n) is 16.2. The molecule has 7 fully saturated rings. The van der Waals surface area contributed by atoms with Crippen molar-refractivity contribution in [3.8, 4) is 0 Å². The number of benzene rings is 2. The normalized spacial score (nSPS) is 31.6. The minimum absolute atomic E-state index is 0.229. The molecule has 0 aromatic heterocycles. The van der Waals surface area contributed by atoms with E-state index in [4.69, 9.17) is 0 Å². The Hall–Kier alpha value is -3.18. The lowest BCUT2D eigenvalue weighted by molar-refractivity contribution is -0.384. The van der Waals surface area contributed by atoms with E-state index >= 15 is 0 Å². The first-order chi connectivity index (χ1) is 23.1. The van der Waals surface area contributed by atoms with E-state index in [1.165, 1.54) is 70.0 Å². The number of nitro groups is 1. The predicted molar refractivity (Wildman–Crippen MR) is 186 cm³/mol. The number of hydrogen-bond acceptors (Lipinski definition) is 8. The van der Waals surface area contributed by atoms with Gasteiger partial charge < -0.3 is 10.2 Å². The van der Waals surface area contributed by atoms with Crippen molar-refractivity contribution in [2.45, 2.75) is 100 Å². The van der Waals surface area contributed by atoms with Crippen LogP contribution in [-0.4, -0.2) is 62.4 Å². The van der Waals surface area contributed by atoms with E-state index in [0.29, 0.717) is 30.0 Å². The van der Waals surface area contributed by atoms with Crippen LogP contribution in [0.3, 0.4) is 0 Å². The van der Waals surface area contributed by atoms with E-state index in [1.807, 2.05) is 12.1 Å². The first kappa shape index (κ1) is 32.0. The third-order valence-electron chi connectivity index (χ3n) is 12.8. The number of nitrogens with one attached hydrogen (secondary N) is 2. The van der Waals surface area contributed by atoms with Gasteiger partial charge in [0.2, 0.25) is 0 Å². The highest BCUT2D eigenvalue weighted by atomic mass is 32.2. The number of anilines is 2. The van der Waals surface area contributed by atoms with E-state index in [-0.39, 0.29) is 21.8 Å². The van der Waals surface area contributed by atoms with Crippen molar-refractivity contribution < 1.29 is 18.1 Å². The molecular weight excluding hydrogens is 627 g/mol. The third-order valence-corrected chi connectivity index (χ3v) is 14.2. The molecule has 2 N–H and O–H groups in total. The quantitative estimate of drug-likeness (QED) is 0.214. The summed E-state index contributed by atoms with van der Waals surface area (Å²) in [5.74, 6) is 2.60. The third kappa shape index (κ3) is 6.32. The van der Waals surface area contributed by atoms with Gasteiger partial charge in [-0.25, -0.2) is 13.1 Å². The number of carbonyl (C=O) groups is 1. The van der Waals surface area contributed by atoms with Crippen molar-refractivity contribution >= 4 is 33.0 Å². The van der Waals surface area contributed by atoms with E-state index in [0.717, 1.165) is 74.7 Å². The zero-order valence-corrected chi connectivity index (χ0v) is 28.6. The van der Waals surface area contributed by atoms with Crippen LogP contribution in [0.4, 0.5) is 17.1 Å². The van der Waals surface area contributed by atoms with Crippen molar-refractivity contribution in [2.24, 2.45) is 29.1 Å². The highest BCUT2D eigenvalue weighted by molar-refractivity contribution is 7.90. The molecule has 2 aliphatic heterocycles. The van der Waals surface area contributed by atoms with Crippen molar-refractivity contribution in [2.75, 3.05) is 36.4 Å². The summed E-state index contributed by atoms with van der Waals surface area (Å²) in [6, 6.07) is 12.1. The first-order valence-electron chi connectivity index (χ1n) is 18.3. The molecule has 9 rings (SSSR count). The summed E-state index contributed by atoms with van der Waals surface area (Å²) in [7, 11) is -4.33. The number of nitro benzene ring substituents is 1. The van der Waals surface area contributed by atoms with Gasteiger partial charge in [-0.3, -0.25) is 19.8 Å². The van der Waals surface area contributed by atoms with Crippen molar-refractivity contribution in [3.05, 3.63) is 58.1 Å². The van der Waals surface area contributed by atoms with E-state index in [1.54, 1.807) is 12.1 Å². The number of sulfonamides is 1. The molecule has 2 saturated heterocycles. The lowest BCUT2D eigenvalue weighted by Gasteiger charge is -2.58. The number of piperidine rings is 1. The molecule has 5 saturated carbocycles. The highest BCUT2D eigenvalue weighted by Gasteiger charge is 2.53. The summed E-state index contributed by atoms with van der Waals surface area (Å²) in [5, 5.41) is 15.0. The average Bonchev–Trinajstić information content (AvgIpc) is 3.36. The molecule has 2 heterocycles. The lowest BCUT2D eigenvalue weighted by Crippen LogP contribution is -2.52. The van der Waals surface area contributed by atoms with Crippen LogP contribution in [-0.2, 0) is 10.0 Å². The Morgan fingerprint density at radius 1 is 0.896 bits per heavy atom. The Labute approximate surface area is 284 Å². The number of nitrogens with zero attached hydrogens (tertiary/aromatic N) is 3. The lowest BCUT2D eigenvalue weighted by atomic mass is 9.49. The van der Waals surface area contributed by atoms with E-state index in [2.05, 4.69) is 19.8 Å². The highest BCUT2D eigenvalue weighted by Crippen LogP contribution is 2.60. The fourth-order valence-corrected chi connectivity index (χ4v) is 12.1. The first-order valence-corrected chi connectivity index (χ1v) is 19.8. The van der Waals surface area contributed by atoms with Gasteiger partial charge in [-0.2, -0.15) is 0 Å². The Bertz CT molecular complexity index is 1620. The topological polar surface area (TPSA) is 125 Å². The Kier molecular flexibility index (Phi) is 8.42. The SMILES string of the molecule is O=C(NS(=O)(=O)c1ccc(NCC2CCCCC2)c([N+](=O)[O-])c1)c1ccc(N2CCC3CC2CN3CC23CC4CC(CC(C4)C2)C3)cc1. The Morgan fingerprint density at radius 2 is 1.58 bits per heavy atom. The molecule has 0 spiro atoms. The van der Waals surface area contributed by atoms with Gasteiger partial charge in [0.25, 0.3) is 21.6 Å². The van der Waals surface area contributed by atoms with E-state index < -0.39 is 20.9 Å². The van der Waals surface area contributed by atoms with Gasteiger partial charge in [0.15, 0.2) is 0 Å². The largest absolute Gasteiger partial charge is 0.379 e. The Balaban J connectivity index is 0.892. The minimum atomic E-state index is -4.33. The maximum atomic E-state index is 13.2. The molecule has 10 nitrogen and oxygen atoms in total. The second kappa shape index (κ2) is 12.6. The molecule has 2 atom stereocenters. The van der Waals surface area contributed by atoms with Crippen LogP contribution >= 0.6 is 0 Å². The minimum Gasteiger partial charge on any atom is -0.379 e. The molecule has 0 radical (unpaired) electrons. The monoisotopic (exact) mass is 675 g/mol. The fraction of sp³-hybridized carbons (Fsp3) is 0.649. The average molecular weight is 676 g/mol. The number of hydrogen-bond donors (Lipinski definition) is 2. The zero-order valence-electron chi connectivity index (χ0n) is 27.8. The number of likely N-dealkylation sites (tertiary alicyclic amines) is 1. The summed E-state index contributed by atoms with van der Waals surface area (Å²) < 4.78 is 28.5. The van der Waals surface area contributed by atoms with Crippen molar-refractivity contribution in [3.63, 3.8) is 0 Å². The van der Waals surface area contributed by atoms with Gasteiger partial charge in [0.05, 0.1) is 9.82 Å². The van der Waals surface area contributed by atoms with Crippen LogP contribution < -0.4 is 14.9 Å². The number of fused-ring (bicyclic) bond motifs is 2. The van der Waals surface area contributed by atoms with Gasteiger partial charge in [-0.1, -0.05) is 19.3 Å². The number of carbonyl (C=O) groups excluding carboxylic acids is 1. The van der Waals surface area contributed by atoms with Crippen LogP contribution in [0.25, 0.3) is 0 Å². The number of rotatable bonds is 10.